The summed E-state index contributed by atoms with van der Waals surface area (Å²) in [4.78, 5) is 26.9. The van der Waals surface area contributed by atoms with E-state index < -0.39 is 35.3 Å². The summed E-state index contributed by atoms with van der Waals surface area (Å²) < 4.78 is 41.7. The molecule has 0 saturated carbocycles. The zero-order chi connectivity index (χ0) is 20.4. The van der Waals surface area contributed by atoms with E-state index >= 15 is 0 Å². The Morgan fingerprint density at radius 1 is 1.07 bits per heavy atom. The Morgan fingerprint density at radius 2 is 1.79 bits per heavy atom. The van der Waals surface area contributed by atoms with Crippen LogP contribution in [0.5, 0.6) is 0 Å². The Balaban J connectivity index is 1.89. The normalized spacial score (nSPS) is 14.6. The lowest BCUT2D eigenvalue weighted by atomic mass is 9.97. The highest BCUT2D eigenvalue weighted by Crippen LogP contribution is 2.31. The zero-order valence-electron chi connectivity index (χ0n) is 15.6. The summed E-state index contributed by atoms with van der Waals surface area (Å²) in [5.41, 5.74) is 0.292. The van der Waals surface area contributed by atoms with Crippen LogP contribution >= 0.6 is 0 Å². The fourth-order valence-electron chi connectivity index (χ4n) is 3.39. The molecule has 1 atom stereocenters. The molecule has 7 heteroatoms. The molecule has 0 aromatic heterocycles. The summed E-state index contributed by atoms with van der Waals surface area (Å²) >= 11 is 0. The molecule has 1 aliphatic rings. The summed E-state index contributed by atoms with van der Waals surface area (Å²) in [7, 11) is 0. The van der Waals surface area contributed by atoms with Crippen molar-refractivity contribution in [2.45, 2.75) is 32.7 Å². The number of carbonyl (C=O) groups excluding carboxylic acids is 2. The van der Waals surface area contributed by atoms with Crippen molar-refractivity contribution in [3.63, 3.8) is 0 Å². The number of nitrogens with one attached hydrogen (secondary N) is 1. The van der Waals surface area contributed by atoms with Gasteiger partial charge in [0.1, 0.15) is 23.5 Å². The van der Waals surface area contributed by atoms with Crippen molar-refractivity contribution in [3.05, 3.63) is 65.0 Å². The summed E-state index contributed by atoms with van der Waals surface area (Å²) in [6, 6.07) is 6.44. The molecule has 0 fully saturated rings. The molecule has 28 heavy (non-hydrogen) atoms. The molecule has 0 aliphatic carbocycles. The van der Waals surface area contributed by atoms with E-state index in [-0.39, 0.29) is 29.3 Å². The zero-order valence-corrected chi connectivity index (χ0v) is 15.6. The van der Waals surface area contributed by atoms with Crippen molar-refractivity contribution in [3.8, 4) is 0 Å². The van der Waals surface area contributed by atoms with Crippen LogP contribution in [0.4, 0.5) is 18.9 Å². The number of rotatable bonds is 4. The van der Waals surface area contributed by atoms with Crippen LogP contribution in [0.1, 0.15) is 36.2 Å². The number of halogens is 3. The van der Waals surface area contributed by atoms with Crippen molar-refractivity contribution in [2.75, 3.05) is 11.4 Å². The highest BCUT2D eigenvalue weighted by atomic mass is 19.1. The second-order valence-corrected chi connectivity index (χ2v) is 7.15. The van der Waals surface area contributed by atoms with Gasteiger partial charge in [-0.05, 0) is 37.0 Å². The fourth-order valence-corrected chi connectivity index (χ4v) is 3.39. The highest BCUT2D eigenvalue weighted by molar-refractivity contribution is 6.03. The number of fused-ring (bicyclic) bond motifs is 1. The monoisotopic (exact) mass is 390 g/mol. The number of amides is 2. The lowest BCUT2D eigenvalue weighted by Gasteiger charge is -2.34. The average molecular weight is 390 g/mol. The van der Waals surface area contributed by atoms with Gasteiger partial charge in [-0.15, -0.1) is 0 Å². The maximum absolute atomic E-state index is 14.1. The van der Waals surface area contributed by atoms with Crippen LogP contribution in [0, 0.1) is 23.4 Å². The molecule has 0 radical (unpaired) electrons. The minimum Gasteiger partial charge on any atom is -0.340 e. The van der Waals surface area contributed by atoms with Crippen LogP contribution in [-0.2, 0) is 11.2 Å². The Hall–Kier alpha value is -2.83. The van der Waals surface area contributed by atoms with Gasteiger partial charge in [0.2, 0.25) is 5.91 Å². The molecule has 0 spiro atoms. The molecule has 0 bridgehead atoms. The van der Waals surface area contributed by atoms with Crippen LogP contribution in [0.15, 0.2) is 36.4 Å². The van der Waals surface area contributed by atoms with Gasteiger partial charge in [0, 0.05) is 18.2 Å². The molecule has 1 N–H and O–H groups in total. The molecule has 0 saturated heterocycles. The van der Waals surface area contributed by atoms with E-state index in [1.54, 1.807) is 13.8 Å². The third-order valence-electron chi connectivity index (χ3n) is 4.84. The predicted octanol–water partition coefficient (Wildman–Crippen LogP) is 3.84. The number of nitrogens with zero attached hydrogens (tertiary/aromatic N) is 1. The Kier molecular flexibility index (Phi) is 5.72. The van der Waals surface area contributed by atoms with Crippen molar-refractivity contribution in [1.29, 1.82) is 0 Å². The number of carbonyl (C=O) groups is 2. The van der Waals surface area contributed by atoms with Gasteiger partial charge in [0.15, 0.2) is 0 Å². The van der Waals surface area contributed by atoms with Crippen LogP contribution < -0.4 is 10.2 Å². The van der Waals surface area contributed by atoms with Gasteiger partial charge in [-0.3, -0.25) is 9.59 Å². The van der Waals surface area contributed by atoms with Gasteiger partial charge in [0.05, 0.1) is 11.3 Å². The van der Waals surface area contributed by atoms with Crippen LogP contribution in [0.25, 0.3) is 0 Å². The summed E-state index contributed by atoms with van der Waals surface area (Å²) in [5, 5.41) is 2.57. The van der Waals surface area contributed by atoms with E-state index in [0.29, 0.717) is 12.8 Å². The van der Waals surface area contributed by atoms with E-state index in [2.05, 4.69) is 5.32 Å². The summed E-state index contributed by atoms with van der Waals surface area (Å²) in [6.07, 6.45) is 0.923. The summed E-state index contributed by atoms with van der Waals surface area (Å²) in [5.74, 6) is -3.66. The van der Waals surface area contributed by atoms with Crippen LogP contribution in [0.3, 0.4) is 0 Å². The molecule has 4 nitrogen and oxygen atoms in total. The van der Waals surface area contributed by atoms with Crippen molar-refractivity contribution >= 4 is 17.5 Å². The van der Waals surface area contributed by atoms with Gasteiger partial charge in [-0.2, -0.15) is 0 Å². The first-order valence-electron chi connectivity index (χ1n) is 9.14. The van der Waals surface area contributed by atoms with Gasteiger partial charge in [-0.25, -0.2) is 13.2 Å². The van der Waals surface area contributed by atoms with Crippen molar-refractivity contribution in [2.24, 2.45) is 5.92 Å². The first-order valence-corrected chi connectivity index (χ1v) is 9.14. The third kappa shape index (κ3) is 3.88. The minimum absolute atomic E-state index is 0.169. The smallest absolute Gasteiger partial charge is 0.254 e. The van der Waals surface area contributed by atoms with Crippen LogP contribution in [-0.4, -0.2) is 24.4 Å². The maximum atomic E-state index is 14.1. The Labute approximate surface area is 161 Å². The molecular formula is C21H21F3N2O2. The molecule has 1 heterocycles. The second kappa shape index (κ2) is 8.04. The van der Waals surface area contributed by atoms with Gasteiger partial charge in [0.25, 0.3) is 5.91 Å². The number of anilines is 1. The van der Waals surface area contributed by atoms with E-state index in [0.717, 1.165) is 18.2 Å². The van der Waals surface area contributed by atoms with Gasteiger partial charge < -0.3 is 10.2 Å². The Bertz CT molecular complexity index is 915. The largest absolute Gasteiger partial charge is 0.340 e. The number of benzene rings is 2. The minimum atomic E-state index is -0.968. The van der Waals surface area contributed by atoms with E-state index in [9.17, 15) is 22.8 Å². The average Bonchev–Trinajstić information content (AvgIpc) is 2.65. The quantitative estimate of drug-likeness (QED) is 0.863. The fraction of sp³-hybridized carbons (Fsp3) is 0.333. The molecule has 3 rings (SSSR count). The van der Waals surface area contributed by atoms with Gasteiger partial charge in [-0.1, -0.05) is 26.0 Å². The second-order valence-electron chi connectivity index (χ2n) is 7.15. The molecule has 1 unspecified atom stereocenters. The molecule has 1 aliphatic heterocycles. The lowest BCUT2D eigenvalue weighted by Crippen LogP contribution is -2.52. The standard InChI is InChI=1S/C21H21F3N2O2/c1-12(2)19(25-20(27)15-6-3-4-8-16(15)23)21(28)26-9-5-7-14-17(24)10-13(22)11-18(14)26/h3-4,6,8,10-12,19H,5,7,9H2,1-2H3,(H,25,27). The Morgan fingerprint density at radius 3 is 2.46 bits per heavy atom. The predicted molar refractivity (Wildman–Crippen MR) is 99.5 cm³/mol. The van der Waals surface area contributed by atoms with Crippen molar-refractivity contribution in [1.82, 2.24) is 5.32 Å². The van der Waals surface area contributed by atoms with Gasteiger partial charge >= 0.3 is 0 Å². The molecule has 2 aromatic carbocycles. The highest BCUT2D eigenvalue weighted by Gasteiger charge is 2.33. The van der Waals surface area contributed by atoms with E-state index in [1.165, 1.54) is 23.1 Å². The molecule has 2 aromatic rings. The first kappa shape index (κ1) is 19.9. The molecular weight excluding hydrogens is 369 g/mol. The van der Waals surface area contributed by atoms with E-state index in [1.807, 2.05) is 0 Å². The van der Waals surface area contributed by atoms with Crippen molar-refractivity contribution < 1.29 is 22.8 Å². The van der Waals surface area contributed by atoms with E-state index in [4.69, 9.17) is 0 Å². The molecule has 2 amide bonds. The SMILES string of the molecule is CC(C)C(NC(=O)c1ccccc1F)C(=O)N1CCCc2c(F)cc(F)cc21. The molecule has 148 valence electrons. The first-order chi connectivity index (χ1) is 13.3. The maximum Gasteiger partial charge on any atom is 0.254 e. The number of hydrogen-bond acceptors (Lipinski definition) is 2. The summed E-state index contributed by atoms with van der Waals surface area (Å²) in [6.45, 7) is 3.76. The topological polar surface area (TPSA) is 49.4 Å². The third-order valence-corrected chi connectivity index (χ3v) is 4.84. The number of hydrogen-bond donors (Lipinski definition) is 1. The lowest BCUT2D eigenvalue weighted by molar-refractivity contribution is -0.121. The van der Waals surface area contributed by atoms with Crippen LogP contribution in [0.2, 0.25) is 0 Å².